The zero-order valence-electron chi connectivity index (χ0n) is 16.3. The molecular formula is C23H20ClN3O2S. The summed E-state index contributed by atoms with van der Waals surface area (Å²) >= 11 is 7.84. The highest BCUT2D eigenvalue weighted by Crippen LogP contribution is 2.38. The first-order valence-electron chi connectivity index (χ1n) is 9.54. The topological polar surface area (TPSA) is 67.2 Å². The largest absolute Gasteiger partial charge is 0.459 e. The Morgan fingerprint density at radius 2 is 2.07 bits per heavy atom. The van der Waals surface area contributed by atoms with Gasteiger partial charge in [0.05, 0.1) is 12.3 Å². The van der Waals surface area contributed by atoms with Crippen molar-refractivity contribution in [3.63, 3.8) is 0 Å². The van der Waals surface area contributed by atoms with Crippen LogP contribution in [0, 0.1) is 0 Å². The van der Waals surface area contributed by atoms with E-state index in [2.05, 4.69) is 28.6 Å². The minimum atomic E-state index is -0.284. The molecule has 0 fully saturated rings. The van der Waals surface area contributed by atoms with E-state index in [1.165, 1.54) is 6.26 Å². The number of aromatic nitrogens is 1. The molecule has 4 rings (SSSR count). The summed E-state index contributed by atoms with van der Waals surface area (Å²) in [4.78, 5) is 18.2. The van der Waals surface area contributed by atoms with Crippen molar-refractivity contribution in [2.45, 2.75) is 19.4 Å². The predicted molar refractivity (Wildman–Crippen MR) is 122 cm³/mol. The number of amides is 1. The lowest BCUT2D eigenvalue weighted by Crippen LogP contribution is -2.16. The van der Waals surface area contributed by atoms with Gasteiger partial charge in [0.1, 0.15) is 10.8 Å². The maximum Gasteiger partial charge on any atom is 0.291 e. The average Bonchev–Trinajstić information content (AvgIpc) is 3.43. The first-order chi connectivity index (χ1) is 14.6. The van der Waals surface area contributed by atoms with Crippen molar-refractivity contribution in [3.8, 4) is 0 Å². The summed E-state index contributed by atoms with van der Waals surface area (Å²) in [7, 11) is 0. The Bertz CT molecular complexity index is 1130. The molecule has 30 heavy (non-hydrogen) atoms. The zero-order valence-corrected chi connectivity index (χ0v) is 17.8. The van der Waals surface area contributed by atoms with E-state index in [4.69, 9.17) is 16.0 Å². The number of nitrogens with zero attached hydrogens (tertiary/aromatic N) is 1. The number of anilines is 2. The first-order valence-corrected chi connectivity index (χ1v) is 10.7. The van der Waals surface area contributed by atoms with Gasteiger partial charge in [0.15, 0.2) is 5.76 Å². The summed E-state index contributed by atoms with van der Waals surface area (Å²) in [6, 6.07) is 18.6. The van der Waals surface area contributed by atoms with Crippen LogP contribution in [0.1, 0.15) is 39.5 Å². The Morgan fingerprint density at radius 3 is 2.77 bits per heavy atom. The molecule has 1 aromatic carbocycles. The van der Waals surface area contributed by atoms with Crippen LogP contribution in [0.3, 0.4) is 0 Å². The molecule has 3 aromatic heterocycles. The quantitative estimate of drug-likeness (QED) is 0.350. The zero-order chi connectivity index (χ0) is 20.9. The molecule has 1 atom stereocenters. The van der Waals surface area contributed by atoms with Crippen LogP contribution in [0.2, 0.25) is 5.02 Å². The monoisotopic (exact) mass is 437 g/mol. The fraction of sp³-hybridized carbons (Fsp3) is 0.130. The van der Waals surface area contributed by atoms with E-state index < -0.39 is 0 Å². The van der Waals surface area contributed by atoms with Crippen molar-refractivity contribution < 1.29 is 9.21 Å². The number of thiophene rings is 1. The van der Waals surface area contributed by atoms with Crippen LogP contribution >= 0.6 is 22.9 Å². The molecule has 7 heteroatoms. The number of benzene rings is 1. The second-order valence-corrected chi connectivity index (χ2v) is 8.20. The van der Waals surface area contributed by atoms with Gasteiger partial charge in [-0.3, -0.25) is 4.79 Å². The van der Waals surface area contributed by atoms with Gasteiger partial charge in [0, 0.05) is 21.7 Å². The lowest BCUT2D eigenvalue weighted by molar-refractivity contribution is 0.0997. The summed E-state index contributed by atoms with van der Waals surface area (Å²) in [5.41, 5.74) is 1.92. The Kier molecular flexibility index (Phi) is 6.16. The molecule has 152 valence electrons. The van der Waals surface area contributed by atoms with Gasteiger partial charge in [0.2, 0.25) is 0 Å². The average molecular weight is 438 g/mol. The molecule has 5 nitrogen and oxygen atoms in total. The normalized spacial score (nSPS) is 11.8. The van der Waals surface area contributed by atoms with Gasteiger partial charge >= 0.3 is 0 Å². The number of carbonyl (C=O) groups excluding carboxylic acids is 1. The Labute approximate surface area is 183 Å². The number of hydrogen-bond acceptors (Lipinski definition) is 5. The molecule has 0 aliphatic rings. The van der Waals surface area contributed by atoms with E-state index >= 15 is 0 Å². The summed E-state index contributed by atoms with van der Waals surface area (Å²) < 4.78 is 5.25. The second-order valence-electron chi connectivity index (χ2n) is 6.63. The highest BCUT2D eigenvalue weighted by atomic mass is 35.5. The van der Waals surface area contributed by atoms with Crippen LogP contribution in [0.15, 0.2) is 77.5 Å². The summed E-state index contributed by atoms with van der Waals surface area (Å²) in [5, 5.41) is 7.91. The minimum Gasteiger partial charge on any atom is -0.459 e. The first kappa shape index (κ1) is 20.2. The van der Waals surface area contributed by atoms with Crippen molar-refractivity contribution in [3.05, 3.63) is 99.9 Å². The molecule has 0 saturated heterocycles. The molecule has 0 aliphatic carbocycles. The third-order valence-electron chi connectivity index (χ3n) is 4.58. The maximum absolute atomic E-state index is 12.6. The van der Waals surface area contributed by atoms with Gasteiger partial charge in [-0.1, -0.05) is 36.7 Å². The van der Waals surface area contributed by atoms with E-state index in [1.807, 2.05) is 42.5 Å². The van der Waals surface area contributed by atoms with Crippen LogP contribution in [-0.2, 0) is 6.42 Å². The third-order valence-corrected chi connectivity index (χ3v) is 6.03. The van der Waals surface area contributed by atoms with Crippen molar-refractivity contribution >= 4 is 39.7 Å². The molecule has 1 amide bonds. The van der Waals surface area contributed by atoms with Crippen molar-refractivity contribution in [1.29, 1.82) is 0 Å². The molecular weight excluding hydrogens is 418 g/mol. The van der Waals surface area contributed by atoms with Crippen molar-refractivity contribution in [1.82, 2.24) is 4.98 Å². The fourth-order valence-corrected chi connectivity index (χ4v) is 4.37. The highest BCUT2D eigenvalue weighted by Gasteiger charge is 2.23. The van der Waals surface area contributed by atoms with Crippen LogP contribution in [0.5, 0.6) is 0 Å². The van der Waals surface area contributed by atoms with Crippen LogP contribution in [0.4, 0.5) is 10.8 Å². The summed E-state index contributed by atoms with van der Waals surface area (Å²) in [5.74, 6) is 0.716. The number of hydrogen-bond donors (Lipinski definition) is 2. The fourth-order valence-electron chi connectivity index (χ4n) is 3.14. The molecule has 0 spiro atoms. The Balaban J connectivity index is 1.75. The second kappa shape index (κ2) is 9.15. The number of halogens is 1. The number of aryl methyl sites for hydroxylation is 1. The van der Waals surface area contributed by atoms with E-state index in [1.54, 1.807) is 29.7 Å². The number of nitrogens with one attached hydrogen (secondary N) is 2. The molecule has 2 N–H and O–H groups in total. The summed E-state index contributed by atoms with van der Waals surface area (Å²) in [6.07, 6.45) is 4.08. The van der Waals surface area contributed by atoms with E-state index in [9.17, 15) is 4.79 Å². The standard InChI is InChI=1S/C23H20ClN3O2S/c1-2-17-14-18(23(30-17)27-22(28)19-9-6-12-29-19)21(15-7-5-8-16(24)13-15)26-20-10-3-4-11-25-20/h3-14,21H,2H2,1H3,(H,25,26)(H,27,28)/t21-/m1/s1. The summed E-state index contributed by atoms with van der Waals surface area (Å²) in [6.45, 7) is 2.09. The SMILES string of the molecule is CCc1cc([C@H](Nc2ccccn2)c2cccc(Cl)c2)c(NC(=O)c2ccco2)s1. The molecule has 3 heterocycles. The van der Waals surface area contributed by atoms with Crippen molar-refractivity contribution in [2.24, 2.45) is 0 Å². The molecule has 0 unspecified atom stereocenters. The molecule has 0 bridgehead atoms. The Morgan fingerprint density at radius 1 is 1.17 bits per heavy atom. The van der Waals surface area contributed by atoms with E-state index in [-0.39, 0.29) is 17.7 Å². The van der Waals surface area contributed by atoms with Gasteiger partial charge in [-0.25, -0.2) is 4.98 Å². The smallest absolute Gasteiger partial charge is 0.291 e. The van der Waals surface area contributed by atoms with Crippen LogP contribution in [-0.4, -0.2) is 10.9 Å². The van der Waals surface area contributed by atoms with Gasteiger partial charge in [-0.05, 0) is 54.4 Å². The predicted octanol–water partition coefficient (Wildman–Crippen LogP) is 6.41. The van der Waals surface area contributed by atoms with Gasteiger partial charge in [-0.15, -0.1) is 11.3 Å². The molecule has 0 radical (unpaired) electrons. The molecule has 4 aromatic rings. The van der Waals surface area contributed by atoms with Gasteiger partial charge in [0.25, 0.3) is 5.91 Å². The molecule has 0 aliphatic heterocycles. The lowest BCUT2D eigenvalue weighted by Gasteiger charge is -2.21. The molecule has 0 saturated carbocycles. The van der Waals surface area contributed by atoms with Crippen LogP contribution in [0.25, 0.3) is 0 Å². The minimum absolute atomic E-state index is 0.248. The van der Waals surface area contributed by atoms with E-state index in [0.29, 0.717) is 5.02 Å². The maximum atomic E-state index is 12.6. The number of rotatable bonds is 7. The van der Waals surface area contributed by atoms with E-state index in [0.717, 1.165) is 33.2 Å². The third kappa shape index (κ3) is 4.56. The number of carbonyl (C=O) groups is 1. The van der Waals surface area contributed by atoms with Gasteiger partial charge in [-0.2, -0.15) is 0 Å². The van der Waals surface area contributed by atoms with Crippen LogP contribution < -0.4 is 10.6 Å². The van der Waals surface area contributed by atoms with Crippen molar-refractivity contribution in [2.75, 3.05) is 10.6 Å². The Hall–Kier alpha value is -3.09. The number of pyridine rings is 1. The number of furan rings is 1. The highest BCUT2D eigenvalue weighted by molar-refractivity contribution is 7.16. The van der Waals surface area contributed by atoms with Gasteiger partial charge < -0.3 is 15.1 Å². The lowest BCUT2D eigenvalue weighted by atomic mass is 9.99.